The third-order valence-corrected chi connectivity index (χ3v) is 5.43. The summed E-state index contributed by atoms with van der Waals surface area (Å²) in [5, 5.41) is 5.60. The number of aromatic nitrogens is 2. The summed E-state index contributed by atoms with van der Waals surface area (Å²) >= 11 is 12.1. The minimum Gasteiger partial charge on any atom is -0.342 e. The van der Waals surface area contributed by atoms with Gasteiger partial charge in [0.15, 0.2) is 0 Å². The van der Waals surface area contributed by atoms with Crippen LogP contribution >= 0.6 is 23.2 Å². The van der Waals surface area contributed by atoms with Crippen LogP contribution in [0, 0.1) is 19.8 Å². The van der Waals surface area contributed by atoms with Gasteiger partial charge >= 0.3 is 0 Å². The Morgan fingerprint density at radius 2 is 2.04 bits per heavy atom. The van der Waals surface area contributed by atoms with Crippen LogP contribution in [-0.2, 0) is 11.2 Å². The zero-order valence-corrected chi connectivity index (χ0v) is 15.7. The number of amides is 1. The highest BCUT2D eigenvalue weighted by molar-refractivity contribution is 6.42. The normalized spacial score (nSPS) is 17.5. The molecule has 1 aromatic carbocycles. The fraction of sp³-hybridized carbons (Fsp3) is 0.444. The average molecular weight is 366 g/mol. The van der Waals surface area contributed by atoms with E-state index in [1.165, 1.54) is 0 Å². The lowest BCUT2D eigenvalue weighted by atomic mass is 10.1. The molecule has 1 unspecified atom stereocenters. The molecule has 1 amide bonds. The third kappa shape index (κ3) is 3.31. The van der Waals surface area contributed by atoms with Gasteiger partial charge in [-0.05, 0) is 44.4 Å². The first kappa shape index (κ1) is 17.3. The smallest absolute Gasteiger partial charge is 0.227 e. The first-order chi connectivity index (χ1) is 11.4. The number of carbonyl (C=O) groups excluding carboxylic acids is 1. The van der Waals surface area contributed by atoms with E-state index < -0.39 is 0 Å². The second-order valence-corrected chi connectivity index (χ2v) is 7.38. The lowest BCUT2D eigenvalue weighted by Crippen LogP contribution is -2.30. The molecule has 0 N–H and O–H groups in total. The summed E-state index contributed by atoms with van der Waals surface area (Å²) in [7, 11) is 0. The van der Waals surface area contributed by atoms with Gasteiger partial charge in [0.1, 0.15) is 0 Å². The lowest BCUT2D eigenvalue weighted by Gasteiger charge is -2.16. The number of hydrogen-bond donors (Lipinski definition) is 0. The van der Waals surface area contributed by atoms with Crippen molar-refractivity contribution in [3.05, 3.63) is 45.2 Å². The number of likely N-dealkylation sites (tertiary alicyclic amines) is 1. The van der Waals surface area contributed by atoms with Crippen LogP contribution in [0.1, 0.15) is 30.3 Å². The molecule has 1 fully saturated rings. The van der Waals surface area contributed by atoms with Gasteiger partial charge in [-0.15, -0.1) is 0 Å². The van der Waals surface area contributed by atoms with Crippen LogP contribution in [-0.4, -0.2) is 33.7 Å². The molecule has 2 heterocycles. The van der Waals surface area contributed by atoms with Crippen molar-refractivity contribution in [3.63, 3.8) is 0 Å². The topological polar surface area (TPSA) is 38.1 Å². The summed E-state index contributed by atoms with van der Waals surface area (Å²) in [6, 6.07) is 5.42. The van der Waals surface area contributed by atoms with Crippen molar-refractivity contribution in [2.24, 2.45) is 5.92 Å². The molecule has 0 bridgehead atoms. The van der Waals surface area contributed by atoms with Crippen molar-refractivity contribution in [1.82, 2.24) is 14.7 Å². The summed E-state index contributed by atoms with van der Waals surface area (Å²) in [5.74, 6) is 0.773. The van der Waals surface area contributed by atoms with Crippen molar-refractivity contribution in [1.29, 1.82) is 0 Å². The molecule has 0 radical (unpaired) electrons. The van der Waals surface area contributed by atoms with Crippen molar-refractivity contribution in [2.75, 3.05) is 13.1 Å². The average Bonchev–Trinajstić information content (AvgIpc) is 3.09. The molecule has 6 heteroatoms. The summed E-state index contributed by atoms with van der Waals surface area (Å²) in [6.07, 6.45) is 1.48. The molecule has 1 aliphatic rings. The molecule has 1 aromatic heterocycles. The lowest BCUT2D eigenvalue weighted by molar-refractivity contribution is -0.129. The van der Waals surface area contributed by atoms with Crippen LogP contribution in [0.2, 0.25) is 10.0 Å². The number of benzene rings is 1. The van der Waals surface area contributed by atoms with E-state index in [4.69, 9.17) is 23.2 Å². The van der Waals surface area contributed by atoms with Gasteiger partial charge in [-0.25, -0.2) is 4.68 Å². The Labute approximate surface area is 152 Å². The minimum absolute atomic E-state index is 0.180. The van der Waals surface area contributed by atoms with Crippen LogP contribution in [0.15, 0.2) is 18.2 Å². The van der Waals surface area contributed by atoms with Gasteiger partial charge < -0.3 is 4.90 Å². The van der Waals surface area contributed by atoms with E-state index in [1.54, 1.807) is 12.1 Å². The molecule has 0 aliphatic carbocycles. The van der Waals surface area contributed by atoms with Crippen LogP contribution in [0.4, 0.5) is 0 Å². The standard InChI is InChI=1S/C18H21Cl2N3O/c1-11-6-7-22(10-11)18(24)9-15-12(2)21-23(13(15)3)14-4-5-16(19)17(20)8-14/h4-5,8,11H,6-7,9-10H2,1-3H3. The zero-order chi connectivity index (χ0) is 17.4. The second-order valence-electron chi connectivity index (χ2n) is 6.57. The number of rotatable bonds is 3. The molecule has 3 rings (SSSR count). The monoisotopic (exact) mass is 365 g/mol. The second kappa shape index (κ2) is 6.77. The van der Waals surface area contributed by atoms with Crippen LogP contribution in [0.25, 0.3) is 5.69 Å². The van der Waals surface area contributed by atoms with Gasteiger partial charge in [0, 0.05) is 24.3 Å². The fourth-order valence-corrected chi connectivity index (χ4v) is 3.52. The number of carbonyl (C=O) groups is 1. The summed E-state index contributed by atoms with van der Waals surface area (Å²) in [4.78, 5) is 14.5. The molecule has 4 nitrogen and oxygen atoms in total. The van der Waals surface area contributed by atoms with Crippen molar-refractivity contribution < 1.29 is 4.79 Å². The minimum atomic E-state index is 0.180. The predicted molar refractivity (Wildman–Crippen MR) is 97.1 cm³/mol. The van der Waals surface area contributed by atoms with Gasteiger partial charge in [0.05, 0.1) is 27.8 Å². The van der Waals surface area contributed by atoms with E-state index in [0.717, 1.165) is 42.1 Å². The molecule has 2 aromatic rings. The Morgan fingerprint density at radius 1 is 1.29 bits per heavy atom. The number of aryl methyl sites for hydroxylation is 1. The van der Waals surface area contributed by atoms with Crippen LogP contribution in [0.3, 0.4) is 0 Å². The number of hydrogen-bond acceptors (Lipinski definition) is 2. The highest BCUT2D eigenvalue weighted by Gasteiger charge is 2.25. The molecular weight excluding hydrogens is 345 g/mol. The molecule has 128 valence electrons. The Hall–Kier alpha value is -1.52. The van der Waals surface area contributed by atoms with E-state index in [2.05, 4.69) is 12.0 Å². The largest absolute Gasteiger partial charge is 0.342 e. The summed E-state index contributed by atoms with van der Waals surface area (Å²) < 4.78 is 1.83. The fourth-order valence-electron chi connectivity index (χ4n) is 3.22. The molecule has 1 atom stereocenters. The molecule has 24 heavy (non-hydrogen) atoms. The molecule has 1 saturated heterocycles. The van der Waals surface area contributed by atoms with Crippen molar-refractivity contribution in [3.8, 4) is 5.69 Å². The van der Waals surface area contributed by atoms with E-state index >= 15 is 0 Å². The van der Waals surface area contributed by atoms with Crippen molar-refractivity contribution >= 4 is 29.1 Å². The Balaban J connectivity index is 1.86. The quantitative estimate of drug-likeness (QED) is 0.816. The first-order valence-corrected chi connectivity index (χ1v) is 8.90. The molecular formula is C18H21Cl2N3O. The van der Waals surface area contributed by atoms with E-state index in [-0.39, 0.29) is 5.91 Å². The molecule has 1 aliphatic heterocycles. The maximum absolute atomic E-state index is 12.6. The van der Waals surface area contributed by atoms with Crippen molar-refractivity contribution in [2.45, 2.75) is 33.6 Å². The van der Waals surface area contributed by atoms with E-state index in [0.29, 0.717) is 22.4 Å². The Bertz CT molecular complexity index is 785. The SMILES string of the molecule is Cc1nn(-c2ccc(Cl)c(Cl)c2)c(C)c1CC(=O)N1CCC(C)C1. The Morgan fingerprint density at radius 3 is 2.67 bits per heavy atom. The number of nitrogens with zero attached hydrogens (tertiary/aromatic N) is 3. The maximum atomic E-state index is 12.6. The summed E-state index contributed by atoms with van der Waals surface area (Å²) in [6.45, 7) is 7.83. The van der Waals surface area contributed by atoms with E-state index in [1.807, 2.05) is 29.5 Å². The molecule has 0 spiro atoms. The highest BCUT2D eigenvalue weighted by Crippen LogP contribution is 2.26. The van der Waals surface area contributed by atoms with Gasteiger partial charge in [-0.1, -0.05) is 30.1 Å². The first-order valence-electron chi connectivity index (χ1n) is 8.15. The predicted octanol–water partition coefficient (Wildman–Crippen LogP) is 4.21. The van der Waals surface area contributed by atoms with Gasteiger partial charge in [-0.3, -0.25) is 4.79 Å². The van der Waals surface area contributed by atoms with Gasteiger partial charge in [0.25, 0.3) is 0 Å². The number of halogens is 2. The molecule has 0 saturated carbocycles. The third-order valence-electron chi connectivity index (χ3n) is 4.69. The summed E-state index contributed by atoms with van der Waals surface area (Å²) in [5.41, 5.74) is 3.68. The zero-order valence-electron chi connectivity index (χ0n) is 14.1. The van der Waals surface area contributed by atoms with Gasteiger partial charge in [-0.2, -0.15) is 5.10 Å². The maximum Gasteiger partial charge on any atom is 0.227 e. The Kier molecular flexibility index (Phi) is 4.88. The highest BCUT2D eigenvalue weighted by atomic mass is 35.5. The van der Waals surface area contributed by atoms with Crippen LogP contribution in [0.5, 0.6) is 0 Å². The van der Waals surface area contributed by atoms with E-state index in [9.17, 15) is 4.79 Å². The van der Waals surface area contributed by atoms with Crippen LogP contribution < -0.4 is 0 Å². The van der Waals surface area contributed by atoms with Gasteiger partial charge in [0.2, 0.25) is 5.91 Å².